The maximum Gasteiger partial charge on any atom is 0.404 e. The largest absolute Gasteiger partial charge is 0.404 e. The van der Waals surface area contributed by atoms with Crippen molar-refractivity contribution in [3.8, 4) is 0 Å². The summed E-state index contributed by atoms with van der Waals surface area (Å²) in [5.41, 5.74) is 0. The lowest BCUT2D eigenvalue weighted by molar-refractivity contribution is -0.186. The second-order valence-electron chi connectivity index (χ2n) is 5.14. The zero-order valence-corrected chi connectivity index (χ0v) is 10.9. The molecule has 0 rings (SSSR count). The van der Waals surface area contributed by atoms with Crippen LogP contribution in [0.3, 0.4) is 0 Å². The summed E-state index contributed by atoms with van der Waals surface area (Å²) in [6, 6.07) is -1.38. The summed E-state index contributed by atoms with van der Waals surface area (Å²) in [5.74, 6) is 0.471. The van der Waals surface area contributed by atoms with Crippen LogP contribution in [0.15, 0.2) is 0 Å². The van der Waals surface area contributed by atoms with Gasteiger partial charge in [-0.25, -0.2) is 0 Å². The molecular weight excluding hydrogens is 215 g/mol. The van der Waals surface area contributed by atoms with Crippen molar-refractivity contribution >= 4 is 0 Å². The van der Waals surface area contributed by atoms with Crippen molar-refractivity contribution in [3.63, 3.8) is 0 Å². The first-order valence-corrected chi connectivity index (χ1v) is 5.95. The van der Waals surface area contributed by atoms with Crippen LogP contribution in [-0.2, 0) is 0 Å². The van der Waals surface area contributed by atoms with Crippen molar-refractivity contribution in [1.82, 2.24) is 4.90 Å². The van der Waals surface area contributed by atoms with Crippen LogP contribution < -0.4 is 0 Å². The van der Waals surface area contributed by atoms with Crippen molar-refractivity contribution in [2.24, 2.45) is 5.92 Å². The van der Waals surface area contributed by atoms with Crippen molar-refractivity contribution in [2.75, 3.05) is 7.05 Å². The molecule has 0 aromatic heterocycles. The van der Waals surface area contributed by atoms with Crippen molar-refractivity contribution in [3.05, 3.63) is 0 Å². The van der Waals surface area contributed by atoms with E-state index in [1.54, 1.807) is 20.9 Å². The minimum atomic E-state index is -4.12. The number of rotatable bonds is 6. The number of nitrogens with zero attached hydrogens (tertiary/aromatic N) is 1. The third-order valence-electron chi connectivity index (χ3n) is 2.94. The van der Waals surface area contributed by atoms with E-state index in [1.165, 1.54) is 4.90 Å². The molecule has 0 aliphatic rings. The second-order valence-corrected chi connectivity index (χ2v) is 5.14. The smallest absolute Gasteiger partial charge is 0.293 e. The van der Waals surface area contributed by atoms with Gasteiger partial charge in [0.05, 0.1) is 0 Å². The van der Waals surface area contributed by atoms with Gasteiger partial charge in [-0.1, -0.05) is 26.7 Å². The van der Waals surface area contributed by atoms with Crippen molar-refractivity contribution in [2.45, 2.75) is 65.2 Å². The summed E-state index contributed by atoms with van der Waals surface area (Å²) in [6.07, 6.45) is -2.41. The first-order valence-electron chi connectivity index (χ1n) is 5.95. The van der Waals surface area contributed by atoms with Crippen molar-refractivity contribution in [1.29, 1.82) is 0 Å². The summed E-state index contributed by atoms with van der Waals surface area (Å²) in [7, 11) is 1.55. The maximum atomic E-state index is 12.8. The highest BCUT2D eigenvalue weighted by atomic mass is 19.4. The fourth-order valence-corrected chi connectivity index (χ4v) is 1.68. The Morgan fingerprint density at radius 2 is 1.50 bits per heavy atom. The fraction of sp³-hybridized carbons (Fsp3) is 1.00. The first kappa shape index (κ1) is 15.8. The average Bonchev–Trinajstić information content (AvgIpc) is 2.08. The summed E-state index contributed by atoms with van der Waals surface area (Å²) in [6.45, 7) is 7.66. The monoisotopic (exact) mass is 239 g/mol. The van der Waals surface area contributed by atoms with Crippen LogP contribution in [0.4, 0.5) is 13.2 Å². The Balaban J connectivity index is 4.34. The molecule has 0 aromatic carbocycles. The normalized spacial score (nSPS) is 15.2. The van der Waals surface area contributed by atoms with Gasteiger partial charge in [0.1, 0.15) is 6.04 Å². The molecule has 0 saturated heterocycles. The molecule has 1 atom stereocenters. The van der Waals surface area contributed by atoms with Crippen LogP contribution in [0.25, 0.3) is 0 Å². The van der Waals surface area contributed by atoms with Gasteiger partial charge in [0.2, 0.25) is 0 Å². The Bertz CT molecular complexity index is 187. The minimum Gasteiger partial charge on any atom is -0.293 e. The Morgan fingerprint density at radius 3 is 1.81 bits per heavy atom. The van der Waals surface area contributed by atoms with Crippen LogP contribution in [0, 0.1) is 5.92 Å². The molecule has 0 radical (unpaired) electrons. The van der Waals surface area contributed by atoms with E-state index in [4.69, 9.17) is 0 Å². The third-order valence-corrected chi connectivity index (χ3v) is 2.94. The Hall–Kier alpha value is -0.250. The zero-order chi connectivity index (χ0) is 12.9. The lowest BCUT2D eigenvalue weighted by atomic mass is 10.0. The van der Waals surface area contributed by atoms with E-state index in [1.807, 2.05) is 13.8 Å². The topological polar surface area (TPSA) is 3.24 Å². The van der Waals surface area contributed by atoms with E-state index in [2.05, 4.69) is 0 Å². The quantitative estimate of drug-likeness (QED) is 0.675. The summed E-state index contributed by atoms with van der Waals surface area (Å²) >= 11 is 0. The lowest BCUT2D eigenvalue weighted by Crippen LogP contribution is -2.46. The summed E-state index contributed by atoms with van der Waals surface area (Å²) in [4.78, 5) is 1.42. The average molecular weight is 239 g/mol. The molecule has 0 aromatic rings. The molecule has 0 bridgehead atoms. The zero-order valence-electron chi connectivity index (χ0n) is 10.9. The van der Waals surface area contributed by atoms with E-state index in [-0.39, 0.29) is 12.5 Å². The molecule has 1 nitrogen and oxygen atoms in total. The highest BCUT2D eigenvalue weighted by molar-refractivity contribution is 4.78. The van der Waals surface area contributed by atoms with Gasteiger partial charge in [-0.15, -0.1) is 0 Å². The molecule has 0 unspecified atom stereocenters. The lowest BCUT2D eigenvalue weighted by Gasteiger charge is -2.33. The van der Waals surface area contributed by atoms with Crippen molar-refractivity contribution < 1.29 is 13.2 Å². The molecule has 0 N–H and O–H groups in total. The number of alkyl halides is 3. The van der Waals surface area contributed by atoms with E-state index < -0.39 is 12.2 Å². The molecule has 0 fully saturated rings. The highest BCUT2D eigenvalue weighted by Crippen LogP contribution is 2.29. The Morgan fingerprint density at radius 1 is 1.00 bits per heavy atom. The molecule has 16 heavy (non-hydrogen) atoms. The van der Waals surface area contributed by atoms with Gasteiger partial charge in [0.25, 0.3) is 0 Å². The van der Waals surface area contributed by atoms with E-state index >= 15 is 0 Å². The Labute approximate surface area is 97.0 Å². The summed E-state index contributed by atoms with van der Waals surface area (Å²) in [5, 5.41) is 0. The highest BCUT2D eigenvalue weighted by Gasteiger charge is 2.42. The van der Waals surface area contributed by atoms with Crippen LogP contribution in [0.2, 0.25) is 0 Å². The molecule has 0 amide bonds. The van der Waals surface area contributed by atoms with Crippen LogP contribution in [0.1, 0.15) is 47.0 Å². The summed E-state index contributed by atoms with van der Waals surface area (Å²) < 4.78 is 38.4. The van der Waals surface area contributed by atoms with E-state index in [0.717, 1.165) is 6.42 Å². The van der Waals surface area contributed by atoms with E-state index in [9.17, 15) is 13.2 Å². The van der Waals surface area contributed by atoms with Crippen LogP contribution in [-0.4, -0.2) is 30.2 Å². The van der Waals surface area contributed by atoms with Gasteiger partial charge in [-0.05, 0) is 33.2 Å². The first-order chi connectivity index (χ1) is 7.16. The molecule has 4 heteroatoms. The van der Waals surface area contributed by atoms with Crippen LogP contribution in [0.5, 0.6) is 0 Å². The SMILES string of the molecule is CC(C)CCC[C@H](N(C)C(C)C)C(F)(F)F. The van der Waals surface area contributed by atoms with Gasteiger partial charge in [0.15, 0.2) is 0 Å². The van der Waals surface area contributed by atoms with E-state index in [0.29, 0.717) is 12.3 Å². The fourth-order valence-electron chi connectivity index (χ4n) is 1.68. The predicted octanol–water partition coefficient (Wildman–Crippen LogP) is 4.08. The number of hydrogen-bond acceptors (Lipinski definition) is 1. The number of halogens is 3. The van der Waals surface area contributed by atoms with Crippen LogP contribution >= 0.6 is 0 Å². The minimum absolute atomic E-state index is 0.0781. The number of hydrogen-bond donors (Lipinski definition) is 0. The second kappa shape index (κ2) is 6.48. The van der Waals surface area contributed by atoms with Gasteiger partial charge in [-0.3, -0.25) is 4.90 Å². The molecule has 0 saturated carbocycles. The van der Waals surface area contributed by atoms with Gasteiger partial charge < -0.3 is 0 Å². The Kier molecular flexibility index (Phi) is 6.38. The molecule has 0 aliphatic heterocycles. The third kappa shape index (κ3) is 5.73. The molecule has 0 aliphatic carbocycles. The van der Waals surface area contributed by atoms with Gasteiger partial charge >= 0.3 is 6.18 Å². The molecule has 0 heterocycles. The standard InChI is InChI=1S/C12H24F3N/c1-9(2)7-6-8-11(12(13,14)15)16(5)10(3)4/h9-11H,6-8H2,1-5H3/t11-/m0/s1. The van der Waals surface area contributed by atoms with Gasteiger partial charge in [-0.2, -0.15) is 13.2 Å². The van der Waals surface area contributed by atoms with Gasteiger partial charge in [0, 0.05) is 6.04 Å². The molecule has 98 valence electrons. The molecule has 0 spiro atoms. The predicted molar refractivity (Wildman–Crippen MR) is 61.4 cm³/mol. The maximum absolute atomic E-state index is 12.8. The molecular formula is C12H24F3N.